The Balaban J connectivity index is 1.70. The molecule has 0 bridgehead atoms. The van der Waals surface area contributed by atoms with E-state index in [2.05, 4.69) is 5.32 Å². The zero-order valence-electron chi connectivity index (χ0n) is 17.1. The molecule has 9 heteroatoms. The molecule has 0 spiro atoms. The third-order valence-electron chi connectivity index (χ3n) is 5.06. The van der Waals surface area contributed by atoms with Gasteiger partial charge < -0.3 is 24.4 Å². The first kappa shape index (κ1) is 22.5. The molecule has 1 aromatic heterocycles. The van der Waals surface area contributed by atoms with Crippen LogP contribution in [0.4, 0.5) is 10.5 Å². The minimum Gasteiger partial charge on any atom is -0.383 e. The highest BCUT2D eigenvalue weighted by Gasteiger charge is 2.34. The summed E-state index contributed by atoms with van der Waals surface area (Å²) in [6.07, 6.45) is 3.93. The summed E-state index contributed by atoms with van der Waals surface area (Å²) in [5.74, 6) is -0.0952. The van der Waals surface area contributed by atoms with Gasteiger partial charge in [-0.25, -0.2) is 4.79 Å². The molecule has 0 aliphatic heterocycles. The van der Waals surface area contributed by atoms with E-state index in [-0.39, 0.29) is 30.1 Å². The summed E-state index contributed by atoms with van der Waals surface area (Å²) in [7, 11) is 3.51. The van der Waals surface area contributed by atoms with Gasteiger partial charge in [0.2, 0.25) is 5.91 Å². The smallest absolute Gasteiger partial charge is 0.322 e. The van der Waals surface area contributed by atoms with E-state index >= 15 is 0 Å². The topological polar surface area (TPSA) is 66.8 Å². The van der Waals surface area contributed by atoms with Gasteiger partial charge in [-0.05, 0) is 37.1 Å². The fraction of sp³-hybridized carbons (Fsp3) is 0.429. The Morgan fingerprint density at radius 3 is 2.63 bits per heavy atom. The summed E-state index contributed by atoms with van der Waals surface area (Å²) in [5.41, 5.74) is 1.45. The van der Waals surface area contributed by atoms with E-state index < -0.39 is 6.03 Å². The van der Waals surface area contributed by atoms with Crippen molar-refractivity contribution in [2.24, 2.45) is 7.05 Å². The molecule has 0 radical (unpaired) electrons. The standard InChI is InChI=1S/C21H26Cl2N4O3/c1-25-10-4-5-16(25)13-27(15-8-9-15)19(28)14-26(11-12-30-2)21(29)24-18-7-3-6-17(22)20(18)23/h3-7,10,15H,8-9,11-14H2,1-2H3,(H,24,29). The summed E-state index contributed by atoms with van der Waals surface area (Å²) in [6, 6.07) is 8.75. The lowest BCUT2D eigenvalue weighted by molar-refractivity contribution is -0.133. The Morgan fingerprint density at radius 2 is 2.00 bits per heavy atom. The number of nitrogens with one attached hydrogen (secondary N) is 1. The second kappa shape index (κ2) is 10.2. The summed E-state index contributed by atoms with van der Waals surface area (Å²) >= 11 is 12.2. The first-order valence-corrected chi connectivity index (χ1v) is 10.5. The van der Waals surface area contributed by atoms with Crippen molar-refractivity contribution in [1.82, 2.24) is 14.4 Å². The second-order valence-electron chi connectivity index (χ2n) is 7.31. The van der Waals surface area contributed by atoms with E-state index in [9.17, 15) is 9.59 Å². The van der Waals surface area contributed by atoms with Crippen LogP contribution in [0.5, 0.6) is 0 Å². The van der Waals surface area contributed by atoms with Crippen LogP contribution >= 0.6 is 23.2 Å². The van der Waals surface area contributed by atoms with Gasteiger partial charge in [-0.2, -0.15) is 0 Å². The van der Waals surface area contributed by atoms with Gasteiger partial charge in [-0.15, -0.1) is 0 Å². The molecule has 7 nitrogen and oxygen atoms in total. The van der Waals surface area contributed by atoms with Crippen molar-refractivity contribution < 1.29 is 14.3 Å². The molecule has 3 amide bonds. The van der Waals surface area contributed by atoms with Crippen LogP contribution in [0.3, 0.4) is 0 Å². The number of rotatable bonds is 9. The minimum atomic E-state index is -0.431. The number of methoxy groups -OCH3 is 1. The lowest BCUT2D eigenvalue weighted by Gasteiger charge is -2.28. The number of halogens is 2. The van der Waals surface area contributed by atoms with Crippen molar-refractivity contribution in [1.29, 1.82) is 0 Å². The van der Waals surface area contributed by atoms with Gasteiger partial charge >= 0.3 is 6.03 Å². The quantitative estimate of drug-likeness (QED) is 0.624. The molecule has 2 aromatic rings. The van der Waals surface area contributed by atoms with E-state index in [0.29, 0.717) is 23.9 Å². The average Bonchev–Trinajstić information content (AvgIpc) is 3.48. The Bertz CT molecular complexity index is 898. The zero-order chi connectivity index (χ0) is 21.7. The number of aromatic nitrogens is 1. The first-order chi connectivity index (χ1) is 14.4. The molecule has 0 atom stereocenters. The SMILES string of the molecule is COCCN(CC(=O)N(Cc1cccn1C)C1CC1)C(=O)Nc1cccc(Cl)c1Cl. The molecule has 1 heterocycles. The van der Waals surface area contributed by atoms with E-state index in [1.807, 2.05) is 34.8 Å². The molecule has 162 valence electrons. The number of aryl methyl sites for hydroxylation is 1. The van der Waals surface area contributed by atoms with E-state index in [1.165, 1.54) is 4.90 Å². The van der Waals surface area contributed by atoms with Gasteiger partial charge in [-0.3, -0.25) is 4.79 Å². The predicted octanol–water partition coefficient (Wildman–Crippen LogP) is 4.00. The fourth-order valence-electron chi connectivity index (χ4n) is 3.14. The highest BCUT2D eigenvalue weighted by atomic mass is 35.5. The highest BCUT2D eigenvalue weighted by molar-refractivity contribution is 6.43. The van der Waals surface area contributed by atoms with Crippen molar-refractivity contribution >= 4 is 40.8 Å². The number of hydrogen-bond donors (Lipinski definition) is 1. The van der Waals surface area contributed by atoms with E-state index in [4.69, 9.17) is 27.9 Å². The normalized spacial score (nSPS) is 13.2. The molecule has 30 heavy (non-hydrogen) atoms. The number of amides is 3. The Kier molecular flexibility index (Phi) is 7.64. The monoisotopic (exact) mass is 452 g/mol. The zero-order valence-corrected chi connectivity index (χ0v) is 18.6. The van der Waals surface area contributed by atoms with Crippen LogP contribution in [0.1, 0.15) is 18.5 Å². The van der Waals surface area contributed by atoms with E-state index in [1.54, 1.807) is 25.3 Å². The molecule has 1 N–H and O–H groups in total. The van der Waals surface area contributed by atoms with Crippen LogP contribution in [0, 0.1) is 0 Å². The van der Waals surface area contributed by atoms with Gasteiger partial charge in [0, 0.05) is 38.6 Å². The summed E-state index contributed by atoms with van der Waals surface area (Å²) in [4.78, 5) is 29.3. The van der Waals surface area contributed by atoms with Crippen molar-refractivity contribution in [3.8, 4) is 0 Å². The van der Waals surface area contributed by atoms with E-state index in [0.717, 1.165) is 18.5 Å². The molecule has 3 rings (SSSR count). The van der Waals surface area contributed by atoms with Crippen molar-refractivity contribution in [2.45, 2.75) is 25.4 Å². The Hall–Kier alpha value is -2.22. The van der Waals surface area contributed by atoms with Gasteiger partial charge in [-0.1, -0.05) is 29.3 Å². The third-order valence-corrected chi connectivity index (χ3v) is 5.88. The number of carbonyl (C=O) groups excluding carboxylic acids is 2. The maximum absolute atomic E-state index is 13.1. The number of carbonyl (C=O) groups is 2. The van der Waals surface area contributed by atoms with Crippen LogP contribution in [0.2, 0.25) is 10.0 Å². The molecule has 1 fully saturated rings. The Morgan fingerprint density at radius 1 is 1.23 bits per heavy atom. The van der Waals surface area contributed by atoms with Crippen LogP contribution in [0.25, 0.3) is 0 Å². The molecule has 1 saturated carbocycles. The van der Waals surface area contributed by atoms with Crippen molar-refractivity contribution in [3.63, 3.8) is 0 Å². The van der Waals surface area contributed by atoms with Gasteiger partial charge in [0.15, 0.2) is 0 Å². The van der Waals surface area contributed by atoms with Gasteiger partial charge in [0.25, 0.3) is 0 Å². The lowest BCUT2D eigenvalue weighted by atomic mass is 10.3. The largest absolute Gasteiger partial charge is 0.383 e. The van der Waals surface area contributed by atoms with Gasteiger partial charge in [0.05, 0.1) is 28.9 Å². The molecule has 0 unspecified atom stereocenters. The Labute approximate surface area is 186 Å². The van der Waals surface area contributed by atoms with Crippen molar-refractivity contribution in [2.75, 3.05) is 32.1 Å². The number of hydrogen-bond acceptors (Lipinski definition) is 3. The molecule has 1 aromatic carbocycles. The maximum atomic E-state index is 13.1. The summed E-state index contributed by atoms with van der Waals surface area (Å²) < 4.78 is 7.12. The average molecular weight is 453 g/mol. The van der Waals surface area contributed by atoms with Crippen LogP contribution in [0.15, 0.2) is 36.5 Å². The number of nitrogens with zero attached hydrogens (tertiary/aromatic N) is 3. The minimum absolute atomic E-state index is 0.0473. The summed E-state index contributed by atoms with van der Waals surface area (Å²) in [6.45, 7) is 1.06. The number of benzene rings is 1. The maximum Gasteiger partial charge on any atom is 0.322 e. The number of urea groups is 1. The highest BCUT2D eigenvalue weighted by Crippen LogP contribution is 2.30. The second-order valence-corrected chi connectivity index (χ2v) is 8.09. The van der Waals surface area contributed by atoms with Crippen LogP contribution < -0.4 is 5.32 Å². The molecule has 0 saturated heterocycles. The van der Waals surface area contributed by atoms with Gasteiger partial charge in [0.1, 0.15) is 6.54 Å². The molecular formula is C21H26Cl2N4O3. The third kappa shape index (κ3) is 5.68. The molecule has 1 aliphatic rings. The predicted molar refractivity (Wildman–Crippen MR) is 118 cm³/mol. The molecular weight excluding hydrogens is 427 g/mol. The molecule has 1 aliphatic carbocycles. The van der Waals surface area contributed by atoms with Crippen LogP contribution in [-0.4, -0.2) is 59.2 Å². The number of anilines is 1. The fourth-order valence-corrected chi connectivity index (χ4v) is 3.49. The first-order valence-electron chi connectivity index (χ1n) is 9.79. The van der Waals surface area contributed by atoms with Crippen LogP contribution in [-0.2, 0) is 23.1 Å². The lowest BCUT2D eigenvalue weighted by Crippen LogP contribution is -2.46. The number of ether oxygens (including phenoxy) is 1. The van der Waals surface area contributed by atoms with Crippen molar-refractivity contribution in [3.05, 3.63) is 52.3 Å². The summed E-state index contributed by atoms with van der Waals surface area (Å²) in [5, 5.41) is 3.35.